The Hall–Kier alpha value is -4.62. The number of methoxy groups -OCH3 is 4. The molecule has 802 valence electrons. The van der Waals surface area contributed by atoms with Gasteiger partial charge in [0, 0.05) is 23.7 Å². The number of hydrogen-bond acceptors (Lipinski definition) is 23. The first kappa shape index (κ1) is 116. The van der Waals surface area contributed by atoms with Crippen LogP contribution in [0.5, 0.6) is 23.0 Å². The van der Waals surface area contributed by atoms with Crippen molar-refractivity contribution in [3.63, 3.8) is 0 Å². The van der Waals surface area contributed by atoms with Gasteiger partial charge in [0.05, 0.1) is 61.7 Å². The van der Waals surface area contributed by atoms with E-state index < -0.39 is 22.4 Å². The SMILES string of the molecule is C.COc1cccc2c1nnn2CC(=O)[C@H]1CC[C@H]2[C@@H]3CC[C@H]4C[C@](C)(O)CC[C@]4(C)[C@H]3CC[C@]12C.COc1cccc2n[nH]nc12.COc1cccc2nn(CC(=O)[C@H]3CC[C@H]4[C@@H]5CC[C@H]6C[C@](C)(O)CC[C@]6(C)[C@H]5CC[C@]34C)nc12.COc1cccc2nnn(CC(=O)[C@H]3CC[C@H]4[C@@H]5CC[C@H]6C[C@](C)(O)CC[C@]6(C)[C@H]5CC[C@]34C)c12.C[C@@]1(O)CC[C@@]2(C)[C@@H](CC[C@@H]3[C@@H]2CC[C@]2(C)[C@@H](C(=O)CBr)CC[C@@H]32)C1.O=CO[O-].[H-].[K+].[K+]. The Bertz CT molecular complexity index is 6030. The second-order valence-electron chi connectivity index (χ2n) is 52.2. The third-order valence-corrected chi connectivity index (χ3v) is 45.6. The van der Waals surface area contributed by atoms with Crippen molar-refractivity contribution >= 4 is 89.7 Å². The van der Waals surface area contributed by atoms with E-state index in [4.69, 9.17) is 29.0 Å². The van der Waals surface area contributed by atoms with Gasteiger partial charge in [-0.15, -0.1) is 15.3 Å². The van der Waals surface area contributed by atoms with E-state index in [1.54, 1.807) is 42.6 Å². The number of aromatic nitrogens is 12. The quantitative estimate of drug-likeness (QED) is 0.0197. The molecule has 0 unspecified atom stereocenters. The molecule has 0 saturated heterocycles. The van der Waals surface area contributed by atoms with E-state index in [0.29, 0.717) is 115 Å². The van der Waals surface area contributed by atoms with Gasteiger partial charge in [0.2, 0.25) is 0 Å². The van der Waals surface area contributed by atoms with Crippen molar-refractivity contribution in [2.75, 3.05) is 33.8 Å². The van der Waals surface area contributed by atoms with E-state index >= 15 is 0 Å². The summed E-state index contributed by atoms with van der Waals surface area (Å²) >= 11 is 3.43. The number of nitrogens with zero attached hydrogens (tertiary/aromatic N) is 11. The first-order valence-corrected chi connectivity index (χ1v) is 56.9. The predicted molar refractivity (Wildman–Crippen MR) is 565 cm³/mol. The van der Waals surface area contributed by atoms with Gasteiger partial charge in [0.1, 0.15) is 70.5 Å². The molecule has 0 radical (unpaired) electrons. The van der Waals surface area contributed by atoms with Gasteiger partial charge in [-0.25, -0.2) is 9.36 Å². The molecule has 24 rings (SSSR count). The molecule has 16 aliphatic carbocycles. The van der Waals surface area contributed by atoms with Crippen LogP contribution in [0, 0.1) is 162 Å². The van der Waals surface area contributed by atoms with E-state index in [9.17, 15) is 39.6 Å². The molecule has 4 aromatic carbocycles. The molecule has 16 saturated carbocycles. The van der Waals surface area contributed by atoms with Gasteiger partial charge in [-0.1, -0.05) is 113 Å². The summed E-state index contributed by atoms with van der Waals surface area (Å²) in [5.41, 5.74) is 6.33. The molecule has 5 N–H and O–H groups in total. The van der Waals surface area contributed by atoms with E-state index in [0.717, 1.165) is 219 Å². The van der Waals surface area contributed by atoms with Crippen molar-refractivity contribution in [2.24, 2.45) is 162 Å². The van der Waals surface area contributed by atoms with Gasteiger partial charge in [0.25, 0.3) is 6.47 Å². The Morgan fingerprint density at radius 1 is 0.378 bits per heavy atom. The van der Waals surface area contributed by atoms with Crippen molar-refractivity contribution in [2.45, 2.75) is 364 Å². The fourth-order valence-corrected chi connectivity index (χ4v) is 37.8. The normalized spacial score (nSPS) is 40.6. The summed E-state index contributed by atoms with van der Waals surface area (Å²) in [5, 5.41) is 88.6. The first-order chi connectivity index (χ1) is 69.0. The van der Waals surface area contributed by atoms with Gasteiger partial charge in [-0.2, -0.15) is 25.3 Å². The predicted octanol–water partition coefficient (Wildman–Crippen LogP) is 15.8. The Kier molecular flexibility index (Phi) is 35.3. The molecule has 30 heteroatoms. The minimum Gasteiger partial charge on any atom is -1.00 e. The number of halogens is 1. The number of para-hydroxylation sites is 2. The number of alkyl halides is 1. The summed E-state index contributed by atoms with van der Waals surface area (Å²) < 4.78 is 25.0. The van der Waals surface area contributed by atoms with Crippen LogP contribution in [0.25, 0.3) is 44.1 Å². The summed E-state index contributed by atoms with van der Waals surface area (Å²) in [6.45, 7) is 28.6. The molecular weight excluding hydrogens is 1980 g/mol. The first-order valence-electron chi connectivity index (χ1n) is 55.7. The summed E-state index contributed by atoms with van der Waals surface area (Å²) in [4.78, 5) is 66.5. The van der Waals surface area contributed by atoms with Crippen molar-refractivity contribution in [3.8, 4) is 23.0 Å². The van der Waals surface area contributed by atoms with Crippen LogP contribution in [0.2, 0.25) is 0 Å². The number of aromatic amines is 1. The Balaban J connectivity index is 0.000000141. The number of ketones is 4. The van der Waals surface area contributed by atoms with Crippen LogP contribution in [0.1, 0.15) is 323 Å². The number of aliphatic hydroxyl groups is 4. The zero-order valence-electron chi connectivity index (χ0n) is 92.4. The average molecular weight is 2160 g/mol. The molecule has 0 aliphatic heterocycles. The average Bonchev–Trinajstić information content (AvgIpc) is 1.63. The van der Waals surface area contributed by atoms with Crippen LogP contribution in [0.15, 0.2) is 72.8 Å². The van der Waals surface area contributed by atoms with Crippen LogP contribution in [-0.2, 0) is 48.5 Å². The summed E-state index contributed by atoms with van der Waals surface area (Å²) in [5.74, 6) is 16.2. The maximum absolute atomic E-state index is 13.8. The van der Waals surface area contributed by atoms with Gasteiger partial charge < -0.3 is 50.9 Å². The number of rotatable bonds is 16. The second kappa shape index (κ2) is 45.0. The number of H-pyrrole nitrogens is 1. The minimum absolute atomic E-state index is 0. The number of ether oxygens (including phenoxy) is 4. The van der Waals surface area contributed by atoms with Gasteiger partial charge in [-0.3, -0.25) is 24.0 Å². The van der Waals surface area contributed by atoms with E-state index in [1.165, 1.54) is 116 Å². The molecule has 148 heavy (non-hydrogen) atoms. The van der Waals surface area contributed by atoms with Gasteiger partial charge in [-0.05, 0) is 445 Å². The van der Waals surface area contributed by atoms with Gasteiger partial charge in [0.15, 0.2) is 33.9 Å². The zero-order chi connectivity index (χ0) is 103. The number of carbonyl (C=O) groups is 5. The monoisotopic (exact) mass is 2150 g/mol. The summed E-state index contributed by atoms with van der Waals surface area (Å²) in [6, 6.07) is 22.8. The van der Waals surface area contributed by atoms with Crippen LogP contribution >= 0.6 is 15.9 Å². The van der Waals surface area contributed by atoms with E-state index in [2.05, 4.69) is 122 Å². The molecule has 8 aromatic rings. The van der Waals surface area contributed by atoms with Crippen LogP contribution in [-0.4, -0.2) is 167 Å². The van der Waals surface area contributed by atoms with Crippen molar-refractivity contribution in [1.29, 1.82) is 0 Å². The molecule has 4 heterocycles. The maximum atomic E-state index is 13.8. The van der Waals surface area contributed by atoms with Crippen LogP contribution in [0.3, 0.4) is 0 Å². The number of fused-ring (bicyclic) bond motifs is 24. The van der Waals surface area contributed by atoms with Crippen LogP contribution < -0.4 is 127 Å². The van der Waals surface area contributed by atoms with Crippen molar-refractivity contribution in [1.82, 2.24) is 60.4 Å². The number of nitrogens with one attached hydrogen (secondary N) is 1. The maximum Gasteiger partial charge on any atom is 1.00 e. The van der Waals surface area contributed by atoms with E-state index in [-0.39, 0.29) is 177 Å². The molecule has 16 aliphatic rings. The topological polar surface area (TPSA) is 369 Å². The van der Waals surface area contributed by atoms with E-state index in [1.807, 2.05) is 100 Å². The molecular formula is C118H171BrK2N12O15. The largest absolute Gasteiger partial charge is 1.00 e. The molecule has 27 nitrogen and oxygen atoms in total. The Morgan fingerprint density at radius 3 is 1.08 bits per heavy atom. The molecule has 4 aromatic heterocycles. The molecule has 0 spiro atoms. The Labute approximate surface area is 972 Å². The standard InChI is InChI=1S/3C29H41N3O3.C22H35BrO2.C7H7N3O.CH2O3.CH4.2K.H/c1-27(34)14-15-28(2)18(16-27)8-9-19-20-10-11-22(29(20,3)13-12-21(19)28)24(33)17-32-23-6-5-7-25(35-4)26(23)30-31-32;1-27(34)14-15-28(2)18(16-27)8-9-19-20-10-11-22(29(20,3)13-12-21(19)28)24(33)17-32-26-23(30-31-32)6-5-7-25(26)35-4;1-27(34)14-15-28(2)18(16-27)8-9-19-20-10-11-22(29(20,3)13-12-21(19)28)24(33)17-32-30-23-6-5-7-25(35-4)26(23)31-32;1-20(25)10-11-21(2)14(12-20)4-5-15-16-6-7-18(19(24)13-23)22(16,3)9-8-17(15)21;1-11-6-4-2-3-5-7(6)9-10-8-5;2-1-4-3;;;;/h3*5-7,18-22,34H,8-17H2,1-4H3;14-18,25H,4-13H2,1-3H3;2-4H,1H3,(H,8,9,10);1,3H;1H4;;;/q;;;;;;;2*+1;-1/p-1/t3*18-,19-,20-,21-,22+,27+,28-,29-;14-,15-,16-,17-,18+,20+,21-,22-;;;;;;/m0000....../s1. The second-order valence-corrected chi connectivity index (χ2v) is 52.7. The molecule has 0 bridgehead atoms. The number of benzene rings is 4. The molecule has 0 amide bonds. The molecule has 32 atom stereocenters. The fraction of sp³-hybridized carbons (Fsp3) is 0.754. The number of carbonyl (C=O) groups excluding carboxylic acids is 5. The number of Topliss-reactive ketones (excluding diaryl/α,β-unsaturated/α-hetero) is 4. The molecule has 16 fully saturated rings. The van der Waals surface area contributed by atoms with Crippen LogP contribution in [0.4, 0.5) is 0 Å². The summed E-state index contributed by atoms with van der Waals surface area (Å²) in [6.07, 6.45) is 41.1. The fourth-order valence-electron chi connectivity index (χ4n) is 37.4. The zero-order valence-corrected chi connectivity index (χ0v) is 99.2. The third kappa shape index (κ3) is 21.2. The number of hydrogen-bond donors (Lipinski definition) is 5. The van der Waals surface area contributed by atoms with Gasteiger partial charge >= 0.3 is 103 Å². The van der Waals surface area contributed by atoms with Crippen molar-refractivity contribution in [3.05, 3.63) is 72.8 Å². The summed E-state index contributed by atoms with van der Waals surface area (Å²) in [7, 11) is 6.54. The minimum atomic E-state index is -0.487. The van der Waals surface area contributed by atoms with Crippen molar-refractivity contribution < 1.29 is 178 Å². The third-order valence-electron chi connectivity index (χ3n) is 45.1. The Morgan fingerprint density at radius 2 is 0.703 bits per heavy atom. The smallest absolute Gasteiger partial charge is 1.00 e.